The summed E-state index contributed by atoms with van der Waals surface area (Å²) >= 11 is 0. The van der Waals surface area contributed by atoms with Crippen LogP contribution in [0.1, 0.15) is 47.0 Å². The third-order valence-electron chi connectivity index (χ3n) is 3.24. The Balaban J connectivity index is 2.40. The molecule has 0 fully saturated rings. The first-order chi connectivity index (χ1) is 7.40. The van der Waals surface area contributed by atoms with Crippen molar-refractivity contribution in [3.63, 3.8) is 0 Å². The van der Waals surface area contributed by atoms with Crippen LogP contribution in [0.5, 0.6) is 0 Å². The Labute approximate surface area is 99.5 Å². The van der Waals surface area contributed by atoms with E-state index in [4.69, 9.17) is 0 Å². The van der Waals surface area contributed by atoms with Gasteiger partial charge in [0, 0.05) is 12.0 Å². The van der Waals surface area contributed by atoms with Crippen molar-refractivity contribution in [2.24, 2.45) is 11.3 Å². The molecule has 0 bridgehead atoms. The molecular formula is C14H25NO. The zero-order valence-corrected chi connectivity index (χ0v) is 11.0. The fourth-order valence-corrected chi connectivity index (χ4v) is 2.12. The molecular weight excluding hydrogens is 198 g/mol. The summed E-state index contributed by atoms with van der Waals surface area (Å²) in [5, 5.41) is 3.54. The van der Waals surface area contributed by atoms with Crippen LogP contribution >= 0.6 is 0 Å². The van der Waals surface area contributed by atoms with Gasteiger partial charge >= 0.3 is 0 Å². The first kappa shape index (κ1) is 13.4. The molecule has 0 aromatic carbocycles. The van der Waals surface area contributed by atoms with Crippen LogP contribution in [0.25, 0.3) is 0 Å². The van der Waals surface area contributed by atoms with Gasteiger partial charge in [0.1, 0.15) is 5.78 Å². The number of allylic oxidation sites excluding steroid dienone is 1. The molecule has 0 amide bonds. The summed E-state index contributed by atoms with van der Waals surface area (Å²) in [6.45, 7) is 9.46. The van der Waals surface area contributed by atoms with Crippen molar-refractivity contribution in [1.82, 2.24) is 5.32 Å². The smallest absolute Gasteiger partial charge is 0.134 e. The summed E-state index contributed by atoms with van der Waals surface area (Å²) in [5.74, 6) is 0.502. The highest BCUT2D eigenvalue weighted by atomic mass is 16.1. The molecule has 0 aliphatic heterocycles. The maximum Gasteiger partial charge on any atom is 0.134 e. The fraction of sp³-hybridized carbons (Fsp3) is 0.786. The molecule has 1 aliphatic rings. The summed E-state index contributed by atoms with van der Waals surface area (Å²) in [6.07, 6.45) is 7.37. The molecule has 16 heavy (non-hydrogen) atoms. The van der Waals surface area contributed by atoms with Gasteiger partial charge in [0.25, 0.3) is 0 Å². The van der Waals surface area contributed by atoms with Crippen molar-refractivity contribution < 1.29 is 4.79 Å². The summed E-state index contributed by atoms with van der Waals surface area (Å²) in [4.78, 5) is 11.5. The van der Waals surface area contributed by atoms with Crippen LogP contribution in [0.15, 0.2) is 12.2 Å². The molecule has 1 aliphatic carbocycles. The number of carbonyl (C=O) groups excluding carboxylic acids is 1. The lowest BCUT2D eigenvalue weighted by molar-refractivity contribution is -0.121. The van der Waals surface area contributed by atoms with Crippen molar-refractivity contribution in [3.05, 3.63) is 12.2 Å². The summed E-state index contributed by atoms with van der Waals surface area (Å²) < 4.78 is 0. The molecule has 2 atom stereocenters. The van der Waals surface area contributed by atoms with E-state index in [1.165, 1.54) is 0 Å². The summed E-state index contributed by atoms with van der Waals surface area (Å²) in [7, 11) is 0. The predicted octanol–water partition coefficient (Wildman–Crippen LogP) is 2.94. The molecule has 0 saturated heterocycles. The van der Waals surface area contributed by atoms with Gasteiger partial charge in [0.05, 0.1) is 0 Å². The maximum atomic E-state index is 11.5. The summed E-state index contributed by atoms with van der Waals surface area (Å²) in [6, 6.07) is 0.352. The highest BCUT2D eigenvalue weighted by molar-refractivity contribution is 5.79. The minimum atomic E-state index is 0.185. The maximum absolute atomic E-state index is 11.5. The van der Waals surface area contributed by atoms with Crippen LogP contribution in [0.4, 0.5) is 0 Å². The van der Waals surface area contributed by atoms with Gasteiger partial charge in [-0.25, -0.2) is 0 Å². The molecule has 92 valence electrons. The van der Waals surface area contributed by atoms with Gasteiger partial charge in [-0.05, 0) is 38.1 Å². The highest BCUT2D eigenvalue weighted by Gasteiger charge is 2.25. The Bertz CT molecular complexity index is 262. The Hall–Kier alpha value is -0.630. The second-order valence-electron chi connectivity index (χ2n) is 6.03. The number of rotatable bonds is 4. The average Bonchev–Trinajstić information content (AvgIpc) is 2.16. The number of nitrogens with one attached hydrogen (secondary N) is 1. The molecule has 1 rings (SSSR count). The van der Waals surface area contributed by atoms with Crippen molar-refractivity contribution >= 4 is 5.78 Å². The van der Waals surface area contributed by atoms with Crippen LogP contribution in [0.3, 0.4) is 0 Å². The van der Waals surface area contributed by atoms with Gasteiger partial charge in [-0.1, -0.05) is 32.9 Å². The van der Waals surface area contributed by atoms with E-state index in [1.807, 2.05) is 0 Å². The number of Topliss-reactive ketones (excluding diaryl/α,β-unsaturated/α-hetero) is 1. The van der Waals surface area contributed by atoms with Gasteiger partial charge in [0.2, 0.25) is 0 Å². The van der Waals surface area contributed by atoms with Crippen molar-refractivity contribution in [2.45, 2.75) is 53.0 Å². The molecule has 0 aromatic rings. The first-order valence-electron chi connectivity index (χ1n) is 6.29. The van der Waals surface area contributed by atoms with E-state index < -0.39 is 0 Å². The van der Waals surface area contributed by atoms with E-state index in [0.29, 0.717) is 17.2 Å². The zero-order valence-electron chi connectivity index (χ0n) is 11.0. The number of carbonyl (C=O) groups is 1. The van der Waals surface area contributed by atoms with Crippen molar-refractivity contribution in [2.75, 3.05) is 6.54 Å². The minimum absolute atomic E-state index is 0.185. The van der Waals surface area contributed by atoms with Gasteiger partial charge < -0.3 is 5.32 Å². The molecule has 0 aromatic heterocycles. The molecule has 0 saturated carbocycles. The number of ketones is 1. The zero-order chi connectivity index (χ0) is 12.2. The lowest BCUT2D eigenvalue weighted by Gasteiger charge is -2.29. The second kappa shape index (κ2) is 5.62. The Morgan fingerprint density at radius 3 is 2.50 bits per heavy atom. The Morgan fingerprint density at radius 1 is 1.31 bits per heavy atom. The lowest BCUT2D eigenvalue weighted by atomic mass is 9.85. The van der Waals surface area contributed by atoms with Crippen molar-refractivity contribution in [3.8, 4) is 0 Å². The third-order valence-corrected chi connectivity index (χ3v) is 3.24. The predicted molar refractivity (Wildman–Crippen MR) is 68.4 cm³/mol. The Kier molecular flexibility index (Phi) is 4.72. The van der Waals surface area contributed by atoms with Gasteiger partial charge in [-0.3, -0.25) is 4.79 Å². The molecule has 2 heteroatoms. The van der Waals surface area contributed by atoms with E-state index >= 15 is 0 Å². The number of hydrogen-bond donors (Lipinski definition) is 1. The molecule has 0 radical (unpaired) electrons. The first-order valence-corrected chi connectivity index (χ1v) is 6.29. The number of hydrogen-bond acceptors (Lipinski definition) is 2. The minimum Gasteiger partial charge on any atom is -0.313 e. The third kappa shape index (κ3) is 4.48. The Morgan fingerprint density at radius 2 is 1.94 bits per heavy atom. The average molecular weight is 223 g/mol. The SMILES string of the molecule is CC(=O)C1CC=CCC1NCCC(C)(C)C. The molecule has 0 spiro atoms. The highest BCUT2D eigenvalue weighted by Crippen LogP contribution is 2.21. The van der Waals surface area contributed by atoms with Gasteiger partial charge in [-0.2, -0.15) is 0 Å². The quantitative estimate of drug-likeness (QED) is 0.742. The molecule has 2 unspecified atom stereocenters. The van der Waals surface area contributed by atoms with Crippen LogP contribution in [0, 0.1) is 11.3 Å². The summed E-state index contributed by atoms with van der Waals surface area (Å²) in [5.41, 5.74) is 0.364. The van der Waals surface area contributed by atoms with E-state index in [9.17, 15) is 4.79 Å². The van der Waals surface area contributed by atoms with E-state index in [2.05, 4.69) is 38.2 Å². The van der Waals surface area contributed by atoms with E-state index in [1.54, 1.807) is 6.92 Å². The lowest BCUT2D eigenvalue weighted by Crippen LogP contribution is -2.41. The fourth-order valence-electron chi connectivity index (χ4n) is 2.12. The monoisotopic (exact) mass is 223 g/mol. The van der Waals surface area contributed by atoms with Crippen LogP contribution < -0.4 is 5.32 Å². The van der Waals surface area contributed by atoms with Crippen LogP contribution in [-0.4, -0.2) is 18.4 Å². The molecule has 0 heterocycles. The topological polar surface area (TPSA) is 29.1 Å². The second-order valence-corrected chi connectivity index (χ2v) is 6.03. The van der Waals surface area contributed by atoms with E-state index in [0.717, 1.165) is 25.8 Å². The largest absolute Gasteiger partial charge is 0.313 e. The normalized spacial score (nSPS) is 25.8. The molecule has 1 N–H and O–H groups in total. The van der Waals surface area contributed by atoms with Crippen LogP contribution in [-0.2, 0) is 4.79 Å². The van der Waals surface area contributed by atoms with Gasteiger partial charge in [0.15, 0.2) is 0 Å². The van der Waals surface area contributed by atoms with Crippen molar-refractivity contribution in [1.29, 1.82) is 0 Å². The van der Waals surface area contributed by atoms with E-state index in [-0.39, 0.29) is 5.92 Å². The molecule has 2 nitrogen and oxygen atoms in total. The van der Waals surface area contributed by atoms with Crippen LogP contribution in [0.2, 0.25) is 0 Å². The standard InChI is InChI=1S/C14H25NO/c1-11(16)12-7-5-6-8-13(12)15-10-9-14(2,3)4/h5-6,12-13,15H,7-10H2,1-4H3. The van der Waals surface area contributed by atoms with Gasteiger partial charge in [-0.15, -0.1) is 0 Å².